The molecule has 0 radical (unpaired) electrons. The maximum atomic E-state index is 11.8. The van der Waals surface area contributed by atoms with Crippen molar-refractivity contribution < 1.29 is 14.7 Å². The Balaban J connectivity index is 2.31. The number of carbonyl (C=O) groups excluding carboxylic acids is 1. The van der Waals surface area contributed by atoms with Crippen LogP contribution < -0.4 is 5.32 Å². The molecule has 0 saturated heterocycles. The summed E-state index contributed by atoms with van der Waals surface area (Å²) in [5.74, 6) is -0.130. The smallest absolute Gasteiger partial charge is 0.317 e. The van der Waals surface area contributed by atoms with Crippen LogP contribution in [-0.2, 0) is 4.79 Å². The summed E-state index contributed by atoms with van der Waals surface area (Å²) in [6, 6.07) is 0.0885. The van der Waals surface area contributed by atoms with Gasteiger partial charge in [0.05, 0.1) is 6.42 Å². The number of hydrogen-bond acceptors (Lipinski definition) is 2. The van der Waals surface area contributed by atoms with Crippen LogP contribution in [0.4, 0.5) is 4.79 Å². The number of carboxylic acids is 1. The van der Waals surface area contributed by atoms with Crippen molar-refractivity contribution in [1.82, 2.24) is 10.2 Å². The Labute approximate surface area is 109 Å². The average molecular weight is 256 g/mol. The summed E-state index contributed by atoms with van der Waals surface area (Å²) in [6.07, 6.45) is 5.60. The van der Waals surface area contributed by atoms with E-state index in [1.807, 2.05) is 0 Å². The summed E-state index contributed by atoms with van der Waals surface area (Å²) >= 11 is 0. The van der Waals surface area contributed by atoms with Gasteiger partial charge >= 0.3 is 12.0 Å². The molecule has 2 unspecified atom stereocenters. The van der Waals surface area contributed by atoms with Crippen LogP contribution in [-0.4, -0.2) is 41.6 Å². The van der Waals surface area contributed by atoms with Crippen molar-refractivity contribution in [2.24, 2.45) is 5.92 Å². The van der Waals surface area contributed by atoms with Gasteiger partial charge in [0.1, 0.15) is 0 Å². The van der Waals surface area contributed by atoms with Gasteiger partial charge in [-0.05, 0) is 25.2 Å². The van der Waals surface area contributed by atoms with E-state index in [0.29, 0.717) is 0 Å². The van der Waals surface area contributed by atoms with E-state index in [2.05, 4.69) is 12.2 Å². The molecular weight excluding hydrogens is 232 g/mol. The molecule has 5 nitrogen and oxygen atoms in total. The first-order valence-corrected chi connectivity index (χ1v) is 6.72. The molecule has 18 heavy (non-hydrogen) atoms. The molecule has 0 heterocycles. The van der Waals surface area contributed by atoms with Gasteiger partial charge in [-0.25, -0.2) is 4.79 Å². The van der Waals surface area contributed by atoms with E-state index < -0.39 is 5.97 Å². The van der Waals surface area contributed by atoms with Crippen molar-refractivity contribution in [3.05, 3.63) is 0 Å². The van der Waals surface area contributed by atoms with Gasteiger partial charge in [-0.3, -0.25) is 4.79 Å². The number of urea groups is 1. The zero-order valence-electron chi connectivity index (χ0n) is 11.3. The highest BCUT2D eigenvalue weighted by molar-refractivity contribution is 5.75. The molecule has 2 atom stereocenters. The Morgan fingerprint density at radius 2 is 2.00 bits per heavy atom. The van der Waals surface area contributed by atoms with Gasteiger partial charge in [0.25, 0.3) is 0 Å². The standard InChI is InChI=1S/C13H24N2O3/c1-10-4-3-5-11(7-6-10)14-13(18)15(2)9-8-12(16)17/h10-11H,3-9H2,1-2H3,(H,14,18)(H,16,17). The number of amides is 2. The largest absolute Gasteiger partial charge is 0.481 e. The van der Waals surface area contributed by atoms with Crippen LogP contribution in [0.15, 0.2) is 0 Å². The third kappa shape index (κ3) is 5.38. The van der Waals surface area contributed by atoms with Crippen LogP contribution in [0.25, 0.3) is 0 Å². The molecule has 2 N–H and O–H groups in total. The summed E-state index contributed by atoms with van der Waals surface area (Å²) in [4.78, 5) is 23.7. The van der Waals surface area contributed by atoms with Crippen LogP contribution in [0, 0.1) is 5.92 Å². The molecule has 0 spiro atoms. The second-order valence-electron chi connectivity index (χ2n) is 5.33. The molecule has 104 valence electrons. The molecule has 1 fully saturated rings. The Hall–Kier alpha value is -1.26. The summed E-state index contributed by atoms with van der Waals surface area (Å²) < 4.78 is 0. The van der Waals surface area contributed by atoms with Crippen LogP contribution in [0.2, 0.25) is 0 Å². The number of hydrogen-bond donors (Lipinski definition) is 2. The topological polar surface area (TPSA) is 69.6 Å². The third-order valence-corrected chi connectivity index (χ3v) is 3.59. The number of nitrogens with zero attached hydrogens (tertiary/aromatic N) is 1. The number of carbonyl (C=O) groups is 2. The third-order valence-electron chi connectivity index (χ3n) is 3.59. The molecule has 5 heteroatoms. The van der Waals surface area contributed by atoms with E-state index in [9.17, 15) is 9.59 Å². The fraction of sp³-hybridized carbons (Fsp3) is 0.846. The zero-order valence-corrected chi connectivity index (χ0v) is 11.3. The molecule has 0 aromatic carbocycles. The minimum absolute atomic E-state index is 0.00831. The van der Waals surface area contributed by atoms with E-state index in [-0.39, 0.29) is 25.0 Å². The normalized spacial score (nSPS) is 24.1. The molecule has 0 aromatic rings. The first-order chi connectivity index (χ1) is 8.49. The molecule has 2 amide bonds. The van der Waals surface area contributed by atoms with E-state index in [4.69, 9.17) is 5.11 Å². The highest BCUT2D eigenvalue weighted by Crippen LogP contribution is 2.22. The number of rotatable bonds is 4. The van der Waals surface area contributed by atoms with E-state index in [0.717, 1.165) is 31.6 Å². The lowest BCUT2D eigenvalue weighted by molar-refractivity contribution is -0.137. The van der Waals surface area contributed by atoms with Crippen LogP contribution in [0.1, 0.15) is 45.4 Å². The van der Waals surface area contributed by atoms with Crippen molar-refractivity contribution in [3.8, 4) is 0 Å². The van der Waals surface area contributed by atoms with E-state index >= 15 is 0 Å². The predicted molar refractivity (Wildman–Crippen MR) is 69.5 cm³/mol. The Morgan fingerprint density at radius 3 is 2.67 bits per heavy atom. The minimum atomic E-state index is -0.877. The van der Waals surface area contributed by atoms with Gasteiger partial charge in [-0.15, -0.1) is 0 Å². The quantitative estimate of drug-likeness (QED) is 0.756. The van der Waals surface area contributed by atoms with Crippen molar-refractivity contribution in [2.75, 3.05) is 13.6 Å². The first kappa shape index (κ1) is 14.8. The summed E-state index contributed by atoms with van der Waals surface area (Å²) in [7, 11) is 1.64. The number of nitrogens with one attached hydrogen (secondary N) is 1. The van der Waals surface area contributed by atoms with Gasteiger partial charge in [0.2, 0.25) is 0 Å². The fourth-order valence-electron chi connectivity index (χ4n) is 2.28. The molecule has 1 aliphatic rings. The first-order valence-electron chi connectivity index (χ1n) is 6.72. The predicted octanol–water partition coefficient (Wildman–Crippen LogP) is 2.07. The second kappa shape index (κ2) is 7.24. The van der Waals surface area contributed by atoms with Crippen molar-refractivity contribution in [2.45, 2.75) is 51.5 Å². The van der Waals surface area contributed by atoms with Gasteiger partial charge in [0, 0.05) is 19.6 Å². The van der Waals surface area contributed by atoms with Crippen molar-refractivity contribution in [3.63, 3.8) is 0 Å². The molecule has 1 aliphatic carbocycles. The van der Waals surface area contributed by atoms with Gasteiger partial charge in [0.15, 0.2) is 0 Å². The minimum Gasteiger partial charge on any atom is -0.481 e. The van der Waals surface area contributed by atoms with Gasteiger partial charge in [-0.1, -0.05) is 19.8 Å². The lowest BCUT2D eigenvalue weighted by Gasteiger charge is -2.22. The number of aliphatic carboxylic acids is 1. The lowest BCUT2D eigenvalue weighted by Crippen LogP contribution is -2.43. The number of carboxylic acid groups (broad SMARTS) is 1. The maximum Gasteiger partial charge on any atom is 0.317 e. The summed E-state index contributed by atoms with van der Waals surface area (Å²) in [6.45, 7) is 2.51. The zero-order chi connectivity index (χ0) is 13.5. The fourth-order valence-corrected chi connectivity index (χ4v) is 2.28. The molecule has 0 bridgehead atoms. The highest BCUT2D eigenvalue weighted by Gasteiger charge is 2.19. The maximum absolute atomic E-state index is 11.8. The molecule has 1 rings (SSSR count). The van der Waals surface area contributed by atoms with E-state index in [1.165, 1.54) is 11.3 Å². The summed E-state index contributed by atoms with van der Waals surface area (Å²) in [5.41, 5.74) is 0. The Bertz CT molecular complexity index is 294. The average Bonchev–Trinajstić information content (AvgIpc) is 2.51. The highest BCUT2D eigenvalue weighted by atomic mass is 16.4. The molecular formula is C13H24N2O3. The van der Waals surface area contributed by atoms with Crippen molar-refractivity contribution in [1.29, 1.82) is 0 Å². The lowest BCUT2D eigenvalue weighted by atomic mass is 10.0. The monoisotopic (exact) mass is 256 g/mol. The second-order valence-corrected chi connectivity index (χ2v) is 5.33. The Kier molecular flexibility index (Phi) is 5.95. The molecule has 1 saturated carbocycles. The molecule has 0 aliphatic heterocycles. The Morgan fingerprint density at radius 1 is 1.28 bits per heavy atom. The summed E-state index contributed by atoms with van der Waals surface area (Å²) in [5, 5.41) is 11.6. The van der Waals surface area contributed by atoms with Crippen LogP contribution >= 0.6 is 0 Å². The van der Waals surface area contributed by atoms with Crippen LogP contribution in [0.5, 0.6) is 0 Å². The van der Waals surface area contributed by atoms with Crippen molar-refractivity contribution >= 4 is 12.0 Å². The van der Waals surface area contributed by atoms with E-state index in [1.54, 1.807) is 7.05 Å². The van der Waals surface area contributed by atoms with Gasteiger partial charge in [-0.2, -0.15) is 0 Å². The molecule has 0 aromatic heterocycles. The van der Waals surface area contributed by atoms with Gasteiger partial charge < -0.3 is 15.3 Å². The SMILES string of the molecule is CC1CCCC(NC(=O)N(C)CCC(=O)O)CC1. The van der Waals surface area contributed by atoms with Crippen LogP contribution in [0.3, 0.4) is 0 Å².